The van der Waals surface area contributed by atoms with Crippen LogP contribution in [-0.4, -0.2) is 11.5 Å². The van der Waals surface area contributed by atoms with E-state index in [-0.39, 0.29) is 11.5 Å². The van der Waals surface area contributed by atoms with Gasteiger partial charge in [-0.3, -0.25) is 10.8 Å². The Labute approximate surface area is 127 Å². The molecule has 0 aliphatic carbocycles. The molecule has 0 heterocycles. The second kappa shape index (κ2) is 6.69. The van der Waals surface area contributed by atoms with Crippen LogP contribution in [0.2, 0.25) is 0 Å². The molecule has 0 atom stereocenters. The van der Waals surface area contributed by atoms with E-state index in [2.05, 4.69) is 16.6 Å². The van der Waals surface area contributed by atoms with E-state index in [4.69, 9.17) is 21.7 Å². The summed E-state index contributed by atoms with van der Waals surface area (Å²) in [6.07, 6.45) is 0. The molecular formula is C16H12N6. The van der Waals surface area contributed by atoms with Gasteiger partial charge in [0, 0.05) is 0 Å². The van der Waals surface area contributed by atoms with E-state index in [0.717, 1.165) is 11.1 Å². The van der Waals surface area contributed by atoms with Gasteiger partial charge in [-0.25, -0.2) is 0 Å². The summed E-state index contributed by atoms with van der Waals surface area (Å²) >= 11 is 0. The number of benzene rings is 2. The van der Waals surface area contributed by atoms with Gasteiger partial charge in [0.05, 0.1) is 17.3 Å². The van der Waals surface area contributed by atoms with E-state index in [1.54, 1.807) is 24.3 Å². The second-order valence-corrected chi connectivity index (χ2v) is 4.37. The summed E-state index contributed by atoms with van der Waals surface area (Å²) in [5.74, 6) is -0.389. The van der Waals surface area contributed by atoms with E-state index < -0.39 is 0 Å². The molecular weight excluding hydrogens is 276 g/mol. The molecule has 0 unspecified atom stereocenters. The van der Waals surface area contributed by atoms with Crippen LogP contribution in [0.1, 0.15) is 5.56 Å². The molecule has 0 spiro atoms. The van der Waals surface area contributed by atoms with Crippen molar-refractivity contribution in [2.24, 2.45) is 10.8 Å². The predicted octanol–water partition coefficient (Wildman–Crippen LogP) is 2.45. The van der Waals surface area contributed by atoms with Crippen LogP contribution in [0.15, 0.2) is 53.6 Å². The van der Waals surface area contributed by atoms with Crippen molar-refractivity contribution in [1.29, 1.82) is 15.9 Å². The van der Waals surface area contributed by atoms with Crippen molar-refractivity contribution in [3.8, 4) is 23.3 Å². The molecule has 2 aromatic carbocycles. The molecule has 0 saturated heterocycles. The Bertz CT molecular complexity index is 806. The Morgan fingerprint density at radius 3 is 2.41 bits per heavy atom. The van der Waals surface area contributed by atoms with Gasteiger partial charge in [0.25, 0.3) is 0 Å². The lowest BCUT2D eigenvalue weighted by Gasteiger charge is -2.05. The third-order valence-electron chi connectivity index (χ3n) is 2.87. The molecule has 6 heteroatoms. The first kappa shape index (κ1) is 14.8. The SMILES string of the molecule is N#C/C(=N\Nc1ccc(-c2cccc(C#N)c2)cc1)C(=N)N. The summed E-state index contributed by atoms with van der Waals surface area (Å²) in [5, 5.41) is 28.6. The van der Waals surface area contributed by atoms with Crippen LogP contribution < -0.4 is 11.2 Å². The van der Waals surface area contributed by atoms with Crippen molar-refractivity contribution in [2.75, 3.05) is 5.43 Å². The molecule has 0 aromatic heterocycles. The number of amidine groups is 1. The van der Waals surface area contributed by atoms with Crippen LogP contribution in [0.25, 0.3) is 11.1 Å². The average molecular weight is 288 g/mol. The van der Waals surface area contributed by atoms with Gasteiger partial charge in [-0.15, -0.1) is 0 Å². The van der Waals surface area contributed by atoms with Gasteiger partial charge in [-0.05, 0) is 35.4 Å². The highest BCUT2D eigenvalue weighted by Crippen LogP contribution is 2.22. The number of rotatable bonds is 4. The Balaban J connectivity index is 2.19. The predicted molar refractivity (Wildman–Crippen MR) is 85.2 cm³/mol. The van der Waals surface area contributed by atoms with Gasteiger partial charge in [-0.2, -0.15) is 15.6 Å². The third kappa shape index (κ3) is 3.47. The zero-order chi connectivity index (χ0) is 15.9. The molecule has 0 aliphatic heterocycles. The van der Waals surface area contributed by atoms with Crippen molar-refractivity contribution >= 4 is 17.2 Å². The fraction of sp³-hybridized carbons (Fsp3) is 0. The fourth-order valence-electron chi connectivity index (χ4n) is 1.77. The van der Waals surface area contributed by atoms with Crippen molar-refractivity contribution in [1.82, 2.24) is 0 Å². The molecule has 0 aliphatic rings. The van der Waals surface area contributed by atoms with Crippen molar-refractivity contribution in [2.45, 2.75) is 0 Å². The molecule has 0 amide bonds. The monoisotopic (exact) mass is 288 g/mol. The van der Waals surface area contributed by atoms with Crippen LogP contribution in [0, 0.1) is 28.1 Å². The Hall–Kier alpha value is -3.64. The summed E-state index contributed by atoms with van der Waals surface area (Å²) in [5.41, 5.74) is 10.9. The second-order valence-electron chi connectivity index (χ2n) is 4.37. The van der Waals surface area contributed by atoms with Crippen LogP contribution in [0.4, 0.5) is 5.69 Å². The van der Waals surface area contributed by atoms with Gasteiger partial charge in [0.1, 0.15) is 6.07 Å². The molecule has 0 bridgehead atoms. The van der Waals surface area contributed by atoms with E-state index in [1.165, 1.54) is 0 Å². The first-order valence-electron chi connectivity index (χ1n) is 6.33. The Kier molecular flexibility index (Phi) is 4.49. The number of nitrogens with two attached hydrogens (primary N) is 1. The maximum Gasteiger partial charge on any atom is 0.201 e. The summed E-state index contributed by atoms with van der Waals surface area (Å²) in [7, 11) is 0. The van der Waals surface area contributed by atoms with Gasteiger partial charge >= 0.3 is 0 Å². The molecule has 6 nitrogen and oxygen atoms in total. The standard InChI is InChI=1S/C16H12N6/c17-9-11-2-1-3-13(8-11)12-4-6-14(7-5-12)21-22-15(10-18)16(19)20/h1-8,21H,(H3,19,20)/b22-15+. The molecule has 2 rings (SSSR count). The quantitative estimate of drug-likeness (QED) is 0.454. The number of nitriles is 2. The highest BCUT2D eigenvalue weighted by molar-refractivity contribution is 6.45. The minimum Gasteiger partial charge on any atom is -0.382 e. The van der Waals surface area contributed by atoms with E-state index >= 15 is 0 Å². The van der Waals surface area contributed by atoms with Crippen molar-refractivity contribution in [3.05, 3.63) is 54.1 Å². The minimum atomic E-state index is -0.389. The average Bonchev–Trinajstić information content (AvgIpc) is 2.56. The van der Waals surface area contributed by atoms with Gasteiger partial charge in [0.15, 0.2) is 5.84 Å². The molecule has 4 N–H and O–H groups in total. The Morgan fingerprint density at radius 1 is 1.09 bits per heavy atom. The maximum absolute atomic E-state index is 8.91. The highest BCUT2D eigenvalue weighted by atomic mass is 15.3. The Morgan fingerprint density at radius 2 is 1.82 bits per heavy atom. The number of nitrogens with zero attached hydrogens (tertiary/aromatic N) is 3. The van der Waals surface area contributed by atoms with Gasteiger partial charge in [-0.1, -0.05) is 24.3 Å². The topological polar surface area (TPSA) is 122 Å². The summed E-state index contributed by atoms with van der Waals surface area (Å²) in [6.45, 7) is 0. The number of hydrazone groups is 1. The number of anilines is 1. The smallest absolute Gasteiger partial charge is 0.201 e. The van der Waals surface area contributed by atoms with Gasteiger partial charge < -0.3 is 5.73 Å². The van der Waals surface area contributed by atoms with Crippen LogP contribution >= 0.6 is 0 Å². The lowest BCUT2D eigenvalue weighted by Crippen LogP contribution is -2.21. The van der Waals surface area contributed by atoms with E-state index in [9.17, 15) is 0 Å². The van der Waals surface area contributed by atoms with Crippen LogP contribution in [0.5, 0.6) is 0 Å². The molecule has 22 heavy (non-hydrogen) atoms. The normalized spacial score (nSPS) is 10.4. The first-order chi connectivity index (χ1) is 10.6. The van der Waals surface area contributed by atoms with E-state index in [1.807, 2.05) is 30.3 Å². The van der Waals surface area contributed by atoms with Gasteiger partial charge in [0.2, 0.25) is 5.71 Å². The lowest BCUT2D eigenvalue weighted by molar-refractivity contribution is 1.33. The number of nitrogens with one attached hydrogen (secondary N) is 2. The largest absolute Gasteiger partial charge is 0.382 e. The number of hydrogen-bond donors (Lipinski definition) is 3. The molecule has 2 aromatic rings. The minimum absolute atomic E-state index is 0.175. The van der Waals surface area contributed by atoms with Crippen LogP contribution in [-0.2, 0) is 0 Å². The number of hydrogen-bond acceptors (Lipinski definition) is 5. The van der Waals surface area contributed by atoms with Crippen LogP contribution in [0.3, 0.4) is 0 Å². The molecule has 0 radical (unpaired) electrons. The zero-order valence-corrected chi connectivity index (χ0v) is 11.5. The maximum atomic E-state index is 8.91. The van der Waals surface area contributed by atoms with Crippen molar-refractivity contribution in [3.63, 3.8) is 0 Å². The molecule has 0 saturated carbocycles. The summed E-state index contributed by atoms with van der Waals surface area (Å²) in [4.78, 5) is 0. The lowest BCUT2D eigenvalue weighted by atomic mass is 10.0. The first-order valence-corrected chi connectivity index (χ1v) is 6.33. The molecule has 106 valence electrons. The summed E-state index contributed by atoms with van der Waals surface area (Å²) in [6, 6.07) is 18.5. The molecule has 0 fully saturated rings. The van der Waals surface area contributed by atoms with Crippen molar-refractivity contribution < 1.29 is 0 Å². The fourth-order valence-corrected chi connectivity index (χ4v) is 1.77. The zero-order valence-electron chi connectivity index (χ0n) is 11.5. The highest BCUT2D eigenvalue weighted by Gasteiger charge is 2.02. The third-order valence-corrected chi connectivity index (χ3v) is 2.87. The van der Waals surface area contributed by atoms with E-state index in [0.29, 0.717) is 11.3 Å². The summed E-state index contributed by atoms with van der Waals surface area (Å²) < 4.78 is 0.